The minimum absolute atomic E-state index is 0.0491. The first kappa shape index (κ1) is 20.5. The molecule has 0 atom stereocenters. The van der Waals surface area contributed by atoms with E-state index in [2.05, 4.69) is 5.10 Å². The minimum Gasteiger partial charge on any atom is -0.335 e. The summed E-state index contributed by atoms with van der Waals surface area (Å²) in [6.45, 7) is 5.30. The number of carbonyl (C=O) groups is 2. The van der Waals surface area contributed by atoms with E-state index in [9.17, 15) is 14.4 Å². The Labute approximate surface area is 180 Å². The molecule has 1 aromatic heterocycles. The fraction of sp³-hybridized carbons (Fsp3) is 0.250. The Kier molecular flexibility index (Phi) is 5.66. The second-order valence-corrected chi connectivity index (χ2v) is 7.70. The van der Waals surface area contributed by atoms with Gasteiger partial charge in [-0.3, -0.25) is 14.4 Å². The van der Waals surface area contributed by atoms with Crippen molar-refractivity contribution in [3.63, 3.8) is 0 Å². The molecule has 3 aromatic rings. The molecule has 0 N–H and O–H groups in total. The first-order valence-electron chi connectivity index (χ1n) is 10.3. The SMILES string of the molecule is Cc1ccc(C(=O)N2CCN(C(=O)c3nn(-c4ccccc4)c(C)cc3=O)CC2)cc1. The Hall–Kier alpha value is -3.74. The lowest BCUT2D eigenvalue weighted by atomic mass is 10.1. The third-order valence-corrected chi connectivity index (χ3v) is 5.46. The predicted octanol–water partition coefficient (Wildman–Crippen LogP) is 2.45. The smallest absolute Gasteiger partial charge is 0.278 e. The van der Waals surface area contributed by atoms with Gasteiger partial charge in [-0.15, -0.1) is 0 Å². The molecular formula is C24H24N4O3. The van der Waals surface area contributed by atoms with Gasteiger partial charge in [0.05, 0.1) is 5.69 Å². The molecule has 158 valence electrons. The number of hydrogen-bond acceptors (Lipinski definition) is 4. The summed E-state index contributed by atoms with van der Waals surface area (Å²) >= 11 is 0. The number of hydrogen-bond donors (Lipinski definition) is 0. The molecule has 0 radical (unpaired) electrons. The Morgan fingerprint density at radius 3 is 2.00 bits per heavy atom. The molecule has 0 saturated carbocycles. The molecular weight excluding hydrogens is 392 g/mol. The van der Waals surface area contributed by atoms with Gasteiger partial charge in [0.25, 0.3) is 11.8 Å². The summed E-state index contributed by atoms with van der Waals surface area (Å²) in [5.41, 5.74) is 2.67. The Bertz CT molecular complexity index is 1160. The van der Waals surface area contributed by atoms with Crippen molar-refractivity contribution in [2.75, 3.05) is 26.2 Å². The van der Waals surface area contributed by atoms with E-state index in [0.29, 0.717) is 37.4 Å². The zero-order valence-electron chi connectivity index (χ0n) is 17.6. The number of carbonyl (C=O) groups excluding carboxylic acids is 2. The lowest BCUT2D eigenvalue weighted by Gasteiger charge is -2.34. The number of aryl methyl sites for hydroxylation is 2. The second kappa shape index (κ2) is 8.55. The van der Waals surface area contributed by atoms with Crippen molar-refractivity contribution in [3.8, 4) is 5.69 Å². The topological polar surface area (TPSA) is 75.5 Å². The molecule has 7 heteroatoms. The molecule has 31 heavy (non-hydrogen) atoms. The van der Waals surface area contributed by atoms with Gasteiger partial charge in [0.15, 0.2) is 5.69 Å². The van der Waals surface area contributed by atoms with Crippen LogP contribution in [0.15, 0.2) is 65.5 Å². The number of aromatic nitrogens is 2. The maximum absolute atomic E-state index is 13.0. The van der Waals surface area contributed by atoms with E-state index >= 15 is 0 Å². The zero-order chi connectivity index (χ0) is 22.0. The third-order valence-electron chi connectivity index (χ3n) is 5.46. The number of benzene rings is 2. The molecule has 0 aliphatic carbocycles. The molecule has 2 heterocycles. The highest BCUT2D eigenvalue weighted by atomic mass is 16.2. The summed E-state index contributed by atoms with van der Waals surface area (Å²) < 4.78 is 1.60. The van der Waals surface area contributed by atoms with Gasteiger partial charge in [0, 0.05) is 43.5 Å². The number of amides is 2. The third kappa shape index (κ3) is 4.26. The quantitative estimate of drug-likeness (QED) is 0.657. The monoisotopic (exact) mass is 416 g/mol. The molecule has 0 spiro atoms. The van der Waals surface area contributed by atoms with Crippen LogP contribution in [-0.2, 0) is 0 Å². The second-order valence-electron chi connectivity index (χ2n) is 7.70. The summed E-state index contributed by atoms with van der Waals surface area (Å²) in [5.74, 6) is -0.455. The van der Waals surface area contributed by atoms with Crippen LogP contribution in [0, 0.1) is 13.8 Å². The minimum atomic E-state index is -0.405. The Balaban J connectivity index is 1.49. The maximum atomic E-state index is 13.0. The highest BCUT2D eigenvalue weighted by Crippen LogP contribution is 2.13. The average molecular weight is 416 g/mol. The van der Waals surface area contributed by atoms with Crippen LogP contribution in [0.25, 0.3) is 5.69 Å². The molecule has 0 unspecified atom stereocenters. The molecule has 1 fully saturated rings. The van der Waals surface area contributed by atoms with Crippen LogP contribution in [0.1, 0.15) is 32.1 Å². The molecule has 2 aromatic carbocycles. The van der Waals surface area contributed by atoms with Gasteiger partial charge in [0.1, 0.15) is 0 Å². The molecule has 7 nitrogen and oxygen atoms in total. The van der Waals surface area contributed by atoms with Crippen LogP contribution in [-0.4, -0.2) is 57.6 Å². The summed E-state index contributed by atoms with van der Waals surface area (Å²) in [4.78, 5) is 41.6. The normalized spacial score (nSPS) is 13.9. The standard InChI is InChI=1S/C24H24N4O3/c1-17-8-10-19(11-9-17)23(30)26-12-14-27(15-13-26)24(31)22-21(29)16-18(2)28(25-22)20-6-4-3-5-7-20/h3-11,16H,12-15H2,1-2H3. The van der Waals surface area contributed by atoms with Crippen molar-refractivity contribution in [1.82, 2.24) is 19.6 Å². The van der Waals surface area contributed by atoms with E-state index in [-0.39, 0.29) is 11.6 Å². The number of para-hydroxylation sites is 1. The zero-order valence-corrected chi connectivity index (χ0v) is 17.6. The van der Waals surface area contributed by atoms with Crippen LogP contribution in [0.5, 0.6) is 0 Å². The largest absolute Gasteiger partial charge is 0.335 e. The van der Waals surface area contributed by atoms with Crippen molar-refractivity contribution in [3.05, 3.63) is 93.4 Å². The highest BCUT2D eigenvalue weighted by Gasteiger charge is 2.28. The molecule has 0 bridgehead atoms. The number of nitrogens with zero attached hydrogens (tertiary/aromatic N) is 4. The Morgan fingerprint density at radius 1 is 0.806 bits per heavy atom. The first-order chi connectivity index (χ1) is 14.9. The average Bonchev–Trinajstić information content (AvgIpc) is 2.79. The van der Waals surface area contributed by atoms with Crippen LogP contribution in [0.2, 0.25) is 0 Å². The van der Waals surface area contributed by atoms with E-state index in [1.807, 2.05) is 61.5 Å². The lowest BCUT2D eigenvalue weighted by Crippen LogP contribution is -2.51. The summed E-state index contributed by atoms with van der Waals surface area (Å²) in [5, 5.41) is 4.36. The van der Waals surface area contributed by atoms with Crippen molar-refractivity contribution in [2.24, 2.45) is 0 Å². The van der Waals surface area contributed by atoms with Crippen molar-refractivity contribution >= 4 is 11.8 Å². The van der Waals surface area contributed by atoms with Crippen molar-refractivity contribution < 1.29 is 9.59 Å². The lowest BCUT2D eigenvalue weighted by molar-refractivity contribution is 0.0530. The van der Waals surface area contributed by atoms with Gasteiger partial charge in [-0.2, -0.15) is 5.10 Å². The molecule has 4 rings (SSSR count). The van der Waals surface area contributed by atoms with Crippen LogP contribution < -0.4 is 5.43 Å². The van der Waals surface area contributed by atoms with Gasteiger partial charge < -0.3 is 9.80 Å². The van der Waals surface area contributed by atoms with E-state index < -0.39 is 11.3 Å². The van der Waals surface area contributed by atoms with Crippen LogP contribution >= 0.6 is 0 Å². The predicted molar refractivity (Wildman–Crippen MR) is 118 cm³/mol. The van der Waals surface area contributed by atoms with E-state index in [1.54, 1.807) is 21.4 Å². The van der Waals surface area contributed by atoms with Gasteiger partial charge in [-0.25, -0.2) is 4.68 Å². The number of piperazine rings is 1. The van der Waals surface area contributed by atoms with E-state index in [1.165, 1.54) is 6.07 Å². The summed E-state index contributed by atoms with van der Waals surface area (Å²) in [7, 11) is 0. The van der Waals surface area contributed by atoms with Crippen molar-refractivity contribution in [2.45, 2.75) is 13.8 Å². The first-order valence-corrected chi connectivity index (χ1v) is 10.3. The molecule has 1 aliphatic rings. The summed E-state index contributed by atoms with van der Waals surface area (Å²) in [6.07, 6.45) is 0. The molecule has 2 amide bonds. The summed E-state index contributed by atoms with van der Waals surface area (Å²) in [6, 6.07) is 18.3. The van der Waals surface area contributed by atoms with Crippen LogP contribution in [0.4, 0.5) is 0 Å². The van der Waals surface area contributed by atoms with Crippen LogP contribution in [0.3, 0.4) is 0 Å². The van der Waals surface area contributed by atoms with E-state index in [4.69, 9.17) is 0 Å². The van der Waals surface area contributed by atoms with Gasteiger partial charge in [-0.1, -0.05) is 35.9 Å². The molecule has 1 saturated heterocycles. The van der Waals surface area contributed by atoms with E-state index in [0.717, 1.165) is 11.3 Å². The van der Waals surface area contributed by atoms with Gasteiger partial charge >= 0.3 is 0 Å². The number of rotatable bonds is 3. The van der Waals surface area contributed by atoms with Gasteiger partial charge in [-0.05, 0) is 38.1 Å². The Morgan fingerprint density at radius 2 is 1.39 bits per heavy atom. The fourth-order valence-electron chi connectivity index (χ4n) is 3.67. The fourth-order valence-corrected chi connectivity index (χ4v) is 3.67. The maximum Gasteiger partial charge on any atom is 0.278 e. The van der Waals surface area contributed by atoms with Gasteiger partial charge in [0.2, 0.25) is 5.43 Å². The molecule has 1 aliphatic heterocycles. The highest BCUT2D eigenvalue weighted by molar-refractivity contribution is 5.95. The van der Waals surface area contributed by atoms with Crippen molar-refractivity contribution in [1.29, 1.82) is 0 Å².